The molecule has 0 saturated carbocycles. The summed E-state index contributed by atoms with van der Waals surface area (Å²) in [5.41, 5.74) is -1.30. The monoisotopic (exact) mass is 427 g/mol. The van der Waals surface area contributed by atoms with Crippen molar-refractivity contribution in [2.24, 2.45) is 0 Å². The van der Waals surface area contributed by atoms with Crippen LogP contribution in [0.1, 0.15) is 27.6 Å². The predicted octanol–water partition coefficient (Wildman–Crippen LogP) is 3.26. The van der Waals surface area contributed by atoms with Gasteiger partial charge in [0.1, 0.15) is 16.5 Å². The molecule has 7 nitrogen and oxygen atoms in total. The van der Waals surface area contributed by atoms with Crippen LogP contribution in [0.5, 0.6) is 0 Å². The summed E-state index contributed by atoms with van der Waals surface area (Å²) in [6, 6.07) is 4.56. The molecule has 3 aromatic rings. The smallest absolute Gasteiger partial charge is 0.433 e. The summed E-state index contributed by atoms with van der Waals surface area (Å²) in [6.45, 7) is 4.07. The lowest BCUT2D eigenvalue weighted by molar-refractivity contribution is -0.142. The van der Waals surface area contributed by atoms with E-state index in [9.17, 15) is 18.0 Å². The molecule has 1 aliphatic heterocycles. The molecule has 1 saturated heterocycles. The first kappa shape index (κ1) is 19.7. The van der Waals surface area contributed by atoms with Crippen molar-refractivity contribution in [2.45, 2.75) is 19.6 Å². The molecule has 1 amide bonds. The molecule has 0 radical (unpaired) electrons. The largest absolute Gasteiger partial charge is 0.468 e. The number of aryl methyl sites for hydroxylation is 1. The second kappa shape index (κ2) is 7.34. The summed E-state index contributed by atoms with van der Waals surface area (Å²) in [4.78, 5) is 20.6. The lowest BCUT2D eigenvalue weighted by atomic mass is 10.2. The highest BCUT2D eigenvalue weighted by Gasteiger charge is 2.37. The molecule has 0 bridgehead atoms. The molecule has 0 aromatic carbocycles. The van der Waals surface area contributed by atoms with Gasteiger partial charge < -0.3 is 9.32 Å². The fourth-order valence-corrected chi connectivity index (χ4v) is 3.57. The molecule has 0 unspecified atom stereocenters. The zero-order chi connectivity index (χ0) is 20.8. The maximum atomic E-state index is 13.4. The third-order valence-electron chi connectivity index (χ3n) is 4.77. The minimum absolute atomic E-state index is 0.136. The van der Waals surface area contributed by atoms with Crippen molar-refractivity contribution in [3.05, 3.63) is 52.3 Å². The van der Waals surface area contributed by atoms with Gasteiger partial charge in [-0.05, 0) is 25.1 Å². The summed E-state index contributed by atoms with van der Waals surface area (Å²) in [7, 11) is 0. The Morgan fingerprint density at radius 3 is 2.62 bits per heavy atom. The topological polar surface area (TPSA) is 66.9 Å². The molecular formula is C18H17ClF3N5O2. The van der Waals surface area contributed by atoms with Crippen LogP contribution in [0, 0.1) is 6.92 Å². The van der Waals surface area contributed by atoms with Crippen LogP contribution < -0.4 is 0 Å². The molecule has 29 heavy (non-hydrogen) atoms. The molecular weight excluding hydrogens is 411 g/mol. The van der Waals surface area contributed by atoms with E-state index in [1.807, 2.05) is 12.1 Å². The van der Waals surface area contributed by atoms with Crippen molar-refractivity contribution in [1.29, 1.82) is 0 Å². The summed E-state index contributed by atoms with van der Waals surface area (Å²) >= 11 is 6.21. The van der Waals surface area contributed by atoms with Gasteiger partial charge in [-0.15, -0.1) is 0 Å². The Labute approximate surface area is 168 Å². The van der Waals surface area contributed by atoms with Crippen LogP contribution in [0.4, 0.5) is 13.2 Å². The van der Waals surface area contributed by atoms with Gasteiger partial charge >= 0.3 is 6.18 Å². The Balaban J connectivity index is 1.56. The molecule has 4 heterocycles. The Bertz CT molecular complexity index is 1040. The van der Waals surface area contributed by atoms with E-state index in [4.69, 9.17) is 16.0 Å². The van der Waals surface area contributed by atoms with Gasteiger partial charge in [-0.1, -0.05) is 11.6 Å². The molecule has 0 atom stereocenters. The number of halogens is 4. The third kappa shape index (κ3) is 3.82. The van der Waals surface area contributed by atoms with Crippen LogP contribution in [-0.2, 0) is 12.7 Å². The number of carbonyl (C=O) groups is 1. The van der Waals surface area contributed by atoms with Crippen LogP contribution in [-0.4, -0.2) is 56.5 Å². The van der Waals surface area contributed by atoms with Crippen molar-refractivity contribution in [3.8, 4) is 0 Å². The van der Waals surface area contributed by atoms with Crippen LogP contribution in [0.15, 0.2) is 28.9 Å². The van der Waals surface area contributed by atoms with Crippen molar-refractivity contribution in [3.63, 3.8) is 0 Å². The van der Waals surface area contributed by atoms with E-state index in [0.29, 0.717) is 37.2 Å². The Morgan fingerprint density at radius 1 is 1.28 bits per heavy atom. The van der Waals surface area contributed by atoms with E-state index in [1.165, 1.54) is 11.8 Å². The molecule has 1 fully saturated rings. The van der Waals surface area contributed by atoms with Crippen molar-refractivity contribution >= 4 is 23.2 Å². The van der Waals surface area contributed by atoms with Gasteiger partial charge in [-0.3, -0.25) is 9.69 Å². The van der Waals surface area contributed by atoms with Gasteiger partial charge in [-0.25, -0.2) is 9.50 Å². The fourth-order valence-electron chi connectivity index (χ4n) is 3.33. The lowest BCUT2D eigenvalue weighted by Gasteiger charge is -2.33. The Kier molecular flexibility index (Phi) is 4.99. The summed E-state index contributed by atoms with van der Waals surface area (Å²) in [6.07, 6.45) is -3.05. The SMILES string of the molecule is Cc1cc(C(F)(F)F)n2nc(C(=O)N3CCN(Cc4ccco4)CC3)c(Cl)c2n1. The number of alkyl halides is 3. The van der Waals surface area contributed by atoms with Crippen molar-refractivity contribution < 1.29 is 22.4 Å². The number of rotatable bonds is 3. The molecule has 1 aliphatic rings. The maximum Gasteiger partial charge on any atom is 0.433 e. The standard InChI is InChI=1S/C18H17ClF3N5O2/c1-11-9-13(18(20,21)22)27-16(23-11)14(19)15(24-27)17(28)26-6-4-25(5-7-26)10-12-3-2-8-29-12/h2-3,8-9H,4-7,10H2,1H3. The molecule has 4 rings (SSSR count). The molecule has 0 N–H and O–H groups in total. The number of fused-ring (bicyclic) bond motifs is 1. The van der Waals surface area contributed by atoms with E-state index in [-0.39, 0.29) is 22.1 Å². The normalized spacial score (nSPS) is 16.0. The summed E-state index contributed by atoms with van der Waals surface area (Å²) in [5.74, 6) is 0.318. The minimum Gasteiger partial charge on any atom is -0.468 e. The lowest BCUT2D eigenvalue weighted by Crippen LogP contribution is -2.48. The maximum absolute atomic E-state index is 13.4. The van der Waals surface area contributed by atoms with Crippen LogP contribution in [0.2, 0.25) is 5.02 Å². The van der Waals surface area contributed by atoms with Gasteiger partial charge in [0.05, 0.1) is 12.8 Å². The Hall–Kier alpha value is -2.59. The molecule has 0 spiro atoms. The van der Waals surface area contributed by atoms with E-state index in [1.54, 1.807) is 6.26 Å². The first-order valence-corrected chi connectivity index (χ1v) is 9.29. The first-order valence-electron chi connectivity index (χ1n) is 8.91. The second-order valence-corrected chi connectivity index (χ2v) is 7.20. The van der Waals surface area contributed by atoms with Gasteiger partial charge in [0.25, 0.3) is 5.91 Å². The molecule has 0 aliphatic carbocycles. The van der Waals surface area contributed by atoms with Crippen molar-refractivity contribution in [2.75, 3.05) is 26.2 Å². The third-order valence-corrected chi connectivity index (χ3v) is 5.12. The first-order chi connectivity index (χ1) is 13.7. The zero-order valence-electron chi connectivity index (χ0n) is 15.4. The summed E-state index contributed by atoms with van der Waals surface area (Å²) < 4.78 is 46.0. The van der Waals surface area contributed by atoms with Crippen LogP contribution in [0.3, 0.4) is 0 Å². The number of aromatic nitrogens is 3. The average molecular weight is 428 g/mol. The van der Waals surface area contributed by atoms with Gasteiger partial charge in [0.15, 0.2) is 11.3 Å². The quantitative estimate of drug-likeness (QED) is 0.642. The number of hydrogen-bond acceptors (Lipinski definition) is 5. The van der Waals surface area contributed by atoms with E-state index >= 15 is 0 Å². The summed E-state index contributed by atoms with van der Waals surface area (Å²) in [5, 5.41) is 3.68. The molecule has 3 aromatic heterocycles. The van der Waals surface area contributed by atoms with E-state index < -0.39 is 17.8 Å². The number of piperazine rings is 1. The number of nitrogens with zero attached hydrogens (tertiary/aromatic N) is 5. The number of hydrogen-bond donors (Lipinski definition) is 0. The van der Waals surface area contributed by atoms with E-state index in [0.717, 1.165) is 11.8 Å². The zero-order valence-corrected chi connectivity index (χ0v) is 16.2. The van der Waals surface area contributed by atoms with Gasteiger partial charge in [0.2, 0.25) is 0 Å². The van der Waals surface area contributed by atoms with Gasteiger partial charge in [-0.2, -0.15) is 18.3 Å². The average Bonchev–Trinajstić information content (AvgIpc) is 3.29. The van der Waals surface area contributed by atoms with Gasteiger partial charge in [0, 0.05) is 31.9 Å². The number of furan rings is 1. The minimum atomic E-state index is -4.65. The van der Waals surface area contributed by atoms with Crippen LogP contribution in [0.25, 0.3) is 5.65 Å². The highest BCUT2D eigenvalue weighted by atomic mass is 35.5. The number of carbonyl (C=O) groups excluding carboxylic acids is 1. The van der Waals surface area contributed by atoms with E-state index in [2.05, 4.69) is 15.0 Å². The highest BCUT2D eigenvalue weighted by molar-refractivity contribution is 6.36. The Morgan fingerprint density at radius 2 is 2.00 bits per heavy atom. The molecule has 154 valence electrons. The second-order valence-electron chi connectivity index (χ2n) is 6.83. The predicted molar refractivity (Wildman–Crippen MR) is 97.6 cm³/mol. The fraction of sp³-hybridized carbons (Fsp3) is 0.389. The van der Waals surface area contributed by atoms with Crippen molar-refractivity contribution in [1.82, 2.24) is 24.4 Å². The highest BCUT2D eigenvalue weighted by Crippen LogP contribution is 2.32. The molecule has 11 heteroatoms. The number of amides is 1. The van der Waals surface area contributed by atoms with Crippen LogP contribution >= 0.6 is 11.6 Å².